The van der Waals surface area contributed by atoms with Gasteiger partial charge in [0.25, 0.3) is 5.56 Å². The third-order valence-corrected chi connectivity index (χ3v) is 2.68. The van der Waals surface area contributed by atoms with Gasteiger partial charge >= 0.3 is 6.09 Å². The number of benzene rings is 1. The molecule has 0 saturated carbocycles. The third-order valence-electron chi connectivity index (χ3n) is 2.68. The van der Waals surface area contributed by atoms with Crippen LogP contribution in [0.4, 0.5) is 10.5 Å². The van der Waals surface area contributed by atoms with E-state index >= 15 is 0 Å². The van der Waals surface area contributed by atoms with Crippen LogP contribution in [-0.4, -0.2) is 22.9 Å². The minimum absolute atomic E-state index is 0.0685. The third kappa shape index (κ3) is 4.49. The largest absolute Gasteiger partial charge is 0.436 e. The molecular weight excluding hydrogens is 282 g/mol. The lowest BCUT2D eigenvalue weighted by atomic mass is 10.1. The van der Waals surface area contributed by atoms with Crippen molar-refractivity contribution < 1.29 is 9.53 Å². The molecule has 1 aromatic carbocycles. The second-order valence-electron chi connectivity index (χ2n) is 4.29. The summed E-state index contributed by atoms with van der Waals surface area (Å²) in [6, 6.07) is 10.0. The van der Waals surface area contributed by atoms with Gasteiger partial charge in [-0.3, -0.25) is 10.1 Å². The van der Waals surface area contributed by atoms with Crippen molar-refractivity contribution in [2.45, 2.75) is 13.3 Å². The maximum absolute atomic E-state index is 11.5. The van der Waals surface area contributed by atoms with Crippen LogP contribution in [0.5, 0.6) is 0 Å². The maximum atomic E-state index is 11.5. The van der Waals surface area contributed by atoms with Gasteiger partial charge in [-0.2, -0.15) is 5.10 Å². The zero-order valence-corrected chi connectivity index (χ0v) is 12.1. The standard InChI is InChI=1S/C16H15N3O3/c1-2-3-4-11-22-16(21)17-13-7-5-12(6-8-13)14-9-10-15(20)19-18-14/h5-10H,2,11H2,1H3,(H,17,21)(H,19,20). The highest BCUT2D eigenvalue weighted by Crippen LogP contribution is 2.18. The number of nitrogens with one attached hydrogen (secondary N) is 2. The monoisotopic (exact) mass is 297 g/mol. The minimum Gasteiger partial charge on any atom is -0.436 e. The summed E-state index contributed by atoms with van der Waals surface area (Å²) in [5.74, 6) is 5.53. The van der Waals surface area contributed by atoms with E-state index in [1.54, 1.807) is 30.3 Å². The molecule has 0 fully saturated rings. The Labute approximate surface area is 127 Å². The molecule has 2 aromatic rings. The van der Waals surface area contributed by atoms with E-state index in [1.807, 2.05) is 6.92 Å². The number of ether oxygens (including phenoxy) is 1. The summed E-state index contributed by atoms with van der Waals surface area (Å²) in [4.78, 5) is 22.5. The summed E-state index contributed by atoms with van der Waals surface area (Å²) < 4.78 is 4.90. The number of H-pyrrole nitrogens is 1. The first kappa shape index (κ1) is 15.3. The highest BCUT2D eigenvalue weighted by molar-refractivity contribution is 5.85. The molecule has 0 aliphatic rings. The van der Waals surface area contributed by atoms with Crippen LogP contribution in [0, 0.1) is 11.8 Å². The molecule has 0 radical (unpaired) electrons. The predicted octanol–water partition coefficient (Wildman–Crippen LogP) is 2.40. The van der Waals surface area contributed by atoms with Crippen LogP contribution in [0.15, 0.2) is 41.2 Å². The van der Waals surface area contributed by atoms with E-state index in [9.17, 15) is 9.59 Å². The van der Waals surface area contributed by atoms with Gasteiger partial charge in [0.05, 0.1) is 5.69 Å². The van der Waals surface area contributed by atoms with Gasteiger partial charge in [0.2, 0.25) is 0 Å². The molecular formula is C16H15N3O3. The second kappa shape index (κ2) is 7.64. The van der Waals surface area contributed by atoms with Crippen molar-refractivity contribution in [1.82, 2.24) is 10.2 Å². The fourth-order valence-electron chi connectivity index (χ4n) is 1.66. The number of nitrogens with zero attached hydrogens (tertiary/aromatic N) is 1. The number of hydrogen-bond acceptors (Lipinski definition) is 4. The Bertz CT molecular complexity index is 734. The van der Waals surface area contributed by atoms with Crippen molar-refractivity contribution >= 4 is 11.8 Å². The molecule has 0 unspecified atom stereocenters. The van der Waals surface area contributed by atoms with Crippen molar-refractivity contribution in [2.75, 3.05) is 11.9 Å². The summed E-state index contributed by atoms with van der Waals surface area (Å²) in [7, 11) is 0. The Morgan fingerprint density at radius 3 is 2.64 bits per heavy atom. The van der Waals surface area contributed by atoms with E-state index in [4.69, 9.17) is 4.74 Å². The van der Waals surface area contributed by atoms with Gasteiger partial charge in [-0.1, -0.05) is 25.0 Å². The van der Waals surface area contributed by atoms with E-state index in [0.29, 0.717) is 11.4 Å². The van der Waals surface area contributed by atoms with E-state index in [2.05, 4.69) is 27.4 Å². The number of amides is 1. The molecule has 1 amide bonds. The lowest BCUT2D eigenvalue weighted by molar-refractivity contribution is 0.176. The normalized spacial score (nSPS) is 9.50. The van der Waals surface area contributed by atoms with Crippen molar-refractivity contribution in [1.29, 1.82) is 0 Å². The number of aromatic amines is 1. The quantitative estimate of drug-likeness (QED) is 0.852. The molecule has 1 heterocycles. The molecule has 0 aliphatic heterocycles. The van der Waals surface area contributed by atoms with E-state index in [0.717, 1.165) is 12.0 Å². The summed E-state index contributed by atoms with van der Waals surface area (Å²) >= 11 is 0. The van der Waals surface area contributed by atoms with E-state index < -0.39 is 6.09 Å². The molecule has 2 rings (SSSR count). The molecule has 112 valence electrons. The Kier molecular flexibility index (Phi) is 5.32. The molecule has 2 N–H and O–H groups in total. The van der Waals surface area contributed by atoms with Gasteiger partial charge in [-0.15, -0.1) is 5.92 Å². The smallest absolute Gasteiger partial charge is 0.412 e. The van der Waals surface area contributed by atoms with Crippen molar-refractivity contribution in [3.8, 4) is 23.1 Å². The van der Waals surface area contributed by atoms with Crippen molar-refractivity contribution in [3.63, 3.8) is 0 Å². The lowest BCUT2D eigenvalue weighted by Crippen LogP contribution is -2.13. The molecule has 0 aliphatic carbocycles. The van der Waals surface area contributed by atoms with Crippen LogP contribution >= 0.6 is 0 Å². The summed E-state index contributed by atoms with van der Waals surface area (Å²) in [5.41, 5.74) is 1.81. The van der Waals surface area contributed by atoms with Crippen molar-refractivity contribution in [2.24, 2.45) is 0 Å². The number of rotatable bonds is 3. The van der Waals surface area contributed by atoms with Crippen LogP contribution in [0.2, 0.25) is 0 Å². The number of hydrogen-bond donors (Lipinski definition) is 2. The predicted molar refractivity (Wildman–Crippen MR) is 83.3 cm³/mol. The highest BCUT2D eigenvalue weighted by atomic mass is 16.5. The fraction of sp³-hybridized carbons (Fsp3) is 0.188. The topological polar surface area (TPSA) is 84.1 Å². The van der Waals surface area contributed by atoms with Crippen LogP contribution in [0.25, 0.3) is 11.3 Å². The van der Waals surface area contributed by atoms with Crippen LogP contribution in [-0.2, 0) is 4.74 Å². The fourth-order valence-corrected chi connectivity index (χ4v) is 1.66. The van der Waals surface area contributed by atoms with Crippen LogP contribution in [0.3, 0.4) is 0 Å². The Morgan fingerprint density at radius 2 is 2.00 bits per heavy atom. The molecule has 0 bridgehead atoms. The molecule has 0 saturated heterocycles. The minimum atomic E-state index is -0.555. The van der Waals surface area contributed by atoms with Gasteiger partial charge in [-0.25, -0.2) is 9.89 Å². The second-order valence-corrected chi connectivity index (χ2v) is 4.29. The summed E-state index contributed by atoms with van der Waals surface area (Å²) in [6.45, 7) is 1.99. The van der Waals surface area contributed by atoms with E-state index in [-0.39, 0.29) is 12.2 Å². The Hall–Kier alpha value is -3.07. The van der Waals surface area contributed by atoms with Crippen LogP contribution in [0.1, 0.15) is 13.3 Å². The number of anilines is 1. The number of carbonyl (C=O) groups is 1. The molecule has 0 atom stereocenters. The zero-order valence-electron chi connectivity index (χ0n) is 12.1. The van der Waals surface area contributed by atoms with Gasteiger partial charge in [0.1, 0.15) is 0 Å². The SMILES string of the molecule is CCC#CCOC(=O)Nc1ccc(-c2ccc(=O)[nH]n2)cc1. The summed E-state index contributed by atoms with van der Waals surface area (Å²) in [6.07, 6.45) is 0.172. The Balaban J connectivity index is 1.95. The average Bonchev–Trinajstić information content (AvgIpc) is 2.53. The zero-order chi connectivity index (χ0) is 15.8. The first-order valence-corrected chi connectivity index (χ1v) is 6.74. The van der Waals surface area contributed by atoms with E-state index in [1.165, 1.54) is 6.07 Å². The molecule has 6 nitrogen and oxygen atoms in total. The Morgan fingerprint density at radius 1 is 1.23 bits per heavy atom. The number of carbonyl (C=O) groups excluding carboxylic acids is 1. The van der Waals surface area contributed by atoms with Gasteiger partial charge in [-0.05, 0) is 18.2 Å². The average molecular weight is 297 g/mol. The summed E-state index contributed by atoms with van der Waals surface area (Å²) in [5, 5.41) is 8.90. The molecule has 0 spiro atoms. The lowest BCUT2D eigenvalue weighted by Gasteiger charge is -2.05. The van der Waals surface area contributed by atoms with Crippen LogP contribution < -0.4 is 10.9 Å². The molecule has 1 aromatic heterocycles. The molecule has 22 heavy (non-hydrogen) atoms. The highest BCUT2D eigenvalue weighted by Gasteiger charge is 2.03. The maximum Gasteiger partial charge on any atom is 0.412 e. The molecule has 6 heteroatoms. The van der Waals surface area contributed by atoms with Gasteiger partial charge in [0.15, 0.2) is 6.61 Å². The van der Waals surface area contributed by atoms with Gasteiger partial charge in [0, 0.05) is 23.7 Å². The first-order valence-electron chi connectivity index (χ1n) is 6.74. The van der Waals surface area contributed by atoms with Gasteiger partial charge < -0.3 is 4.74 Å². The number of aromatic nitrogens is 2. The first-order chi connectivity index (χ1) is 10.7. The van der Waals surface area contributed by atoms with Crippen molar-refractivity contribution in [3.05, 3.63) is 46.8 Å².